The average molecular weight is 290 g/mol. The maximum atomic E-state index is 6.24. The minimum absolute atomic E-state index is 0.0374. The Morgan fingerprint density at radius 2 is 1.95 bits per heavy atom. The summed E-state index contributed by atoms with van der Waals surface area (Å²) in [5.74, 6) is 1.65. The lowest BCUT2D eigenvalue weighted by molar-refractivity contribution is 0.161. The van der Waals surface area contributed by atoms with Gasteiger partial charge in [-0.2, -0.15) is 0 Å². The van der Waals surface area contributed by atoms with Crippen LogP contribution in [0.2, 0.25) is 5.02 Å². The molecular formula is C16H16ClNO2. The second-order valence-corrected chi connectivity index (χ2v) is 5.34. The van der Waals surface area contributed by atoms with Crippen molar-refractivity contribution in [1.29, 1.82) is 0 Å². The molecule has 0 spiro atoms. The highest BCUT2D eigenvalue weighted by Crippen LogP contribution is 2.40. The molecule has 1 unspecified atom stereocenters. The molecule has 0 fully saturated rings. The molecule has 2 atom stereocenters. The van der Waals surface area contributed by atoms with Gasteiger partial charge in [0.15, 0.2) is 0 Å². The van der Waals surface area contributed by atoms with Gasteiger partial charge in [0, 0.05) is 23.0 Å². The van der Waals surface area contributed by atoms with Gasteiger partial charge >= 0.3 is 0 Å². The predicted octanol–water partition coefficient (Wildman–Crippen LogP) is 3.87. The molecule has 0 aromatic heterocycles. The molecule has 20 heavy (non-hydrogen) atoms. The fraction of sp³-hybridized carbons (Fsp3) is 0.250. The Morgan fingerprint density at radius 1 is 1.20 bits per heavy atom. The number of nitrogens with two attached hydrogens (primary N) is 1. The molecule has 0 bridgehead atoms. The van der Waals surface area contributed by atoms with Gasteiger partial charge in [0.25, 0.3) is 0 Å². The number of methoxy groups -OCH3 is 1. The zero-order valence-electron chi connectivity index (χ0n) is 11.2. The SMILES string of the molecule is COc1ccc(C2C[C@@H](N)c3cc(Cl)ccc3O2)cc1. The van der Waals surface area contributed by atoms with Gasteiger partial charge < -0.3 is 15.2 Å². The quantitative estimate of drug-likeness (QED) is 0.913. The molecule has 1 aliphatic rings. The molecule has 104 valence electrons. The number of benzene rings is 2. The Labute approximate surface area is 123 Å². The molecule has 0 saturated heterocycles. The third kappa shape index (κ3) is 2.47. The van der Waals surface area contributed by atoms with Crippen LogP contribution in [0.5, 0.6) is 11.5 Å². The Kier molecular flexibility index (Phi) is 3.55. The Balaban J connectivity index is 1.88. The van der Waals surface area contributed by atoms with E-state index in [1.807, 2.05) is 42.5 Å². The maximum Gasteiger partial charge on any atom is 0.126 e. The van der Waals surface area contributed by atoms with E-state index in [1.54, 1.807) is 7.11 Å². The minimum Gasteiger partial charge on any atom is -0.497 e. The van der Waals surface area contributed by atoms with Gasteiger partial charge in [-0.05, 0) is 35.9 Å². The molecule has 4 heteroatoms. The van der Waals surface area contributed by atoms with E-state index < -0.39 is 0 Å². The molecule has 1 heterocycles. The number of rotatable bonds is 2. The summed E-state index contributed by atoms with van der Waals surface area (Å²) in [5, 5.41) is 0.686. The first-order valence-electron chi connectivity index (χ1n) is 6.53. The van der Waals surface area contributed by atoms with Crippen LogP contribution in [0, 0.1) is 0 Å². The van der Waals surface area contributed by atoms with Crippen molar-refractivity contribution in [1.82, 2.24) is 0 Å². The first-order chi connectivity index (χ1) is 9.67. The summed E-state index contributed by atoms with van der Waals surface area (Å²) in [4.78, 5) is 0. The molecule has 2 aromatic rings. The zero-order valence-corrected chi connectivity index (χ0v) is 11.9. The Morgan fingerprint density at radius 3 is 2.65 bits per heavy atom. The van der Waals surface area contributed by atoms with E-state index in [1.165, 1.54) is 0 Å². The van der Waals surface area contributed by atoms with E-state index in [-0.39, 0.29) is 12.1 Å². The second-order valence-electron chi connectivity index (χ2n) is 4.90. The number of hydrogen-bond acceptors (Lipinski definition) is 3. The average Bonchev–Trinajstić information content (AvgIpc) is 2.48. The number of halogens is 1. The molecule has 0 aliphatic carbocycles. The minimum atomic E-state index is -0.0652. The molecule has 0 saturated carbocycles. The number of ether oxygens (including phenoxy) is 2. The maximum absolute atomic E-state index is 6.24. The van der Waals surface area contributed by atoms with E-state index in [9.17, 15) is 0 Å². The molecule has 0 amide bonds. The van der Waals surface area contributed by atoms with Crippen LogP contribution >= 0.6 is 11.6 Å². The van der Waals surface area contributed by atoms with Crippen LogP contribution in [-0.4, -0.2) is 7.11 Å². The van der Waals surface area contributed by atoms with Crippen molar-refractivity contribution in [2.45, 2.75) is 18.6 Å². The number of fused-ring (bicyclic) bond motifs is 1. The summed E-state index contributed by atoms with van der Waals surface area (Å²) < 4.78 is 11.2. The Hall–Kier alpha value is -1.71. The normalized spacial score (nSPS) is 20.9. The van der Waals surface area contributed by atoms with Gasteiger partial charge in [-0.3, -0.25) is 0 Å². The second kappa shape index (κ2) is 5.35. The van der Waals surface area contributed by atoms with Gasteiger partial charge in [-0.1, -0.05) is 23.7 Å². The summed E-state index contributed by atoms with van der Waals surface area (Å²) in [7, 11) is 1.65. The topological polar surface area (TPSA) is 44.5 Å². The number of hydrogen-bond donors (Lipinski definition) is 1. The van der Waals surface area contributed by atoms with Crippen molar-refractivity contribution in [2.24, 2.45) is 5.73 Å². The monoisotopic (exact) mass is 289 g/mol. The lowest BCUT2D eigenvalue weighted by Crippen LogP contribution is -2.24. The van der Waals surface area contributed by atoms with Crippen LogP contribution in [-0.2, 0) is 0 Å². The summed E-state index contributed by atoms with van der Waals surface area (Å²) in [6.45, 7) is 0. The highest BCUT2D eigenvalue weighted by Gasteiger charge is 2.27. The van der Waals surface area contributed by atoms with Crippen LogP contribution in [0.15, 0.2) is 42.5 Å². The van der Waals surface area contributed by atoms with Crippen LogP contribution < -0.4 is 15.2 Å². The molecule has 3 nitrogen and oxygen atoms in total. The van der Waals surface area contributed by atoms with E-state index in [0.29, 0.717) is 5.02 Å². The Bertz CT molecular complexity index is 612. The van der Waals surface area contributed by atoms with Crippen molar-refractivity contribution in [3.8, 4) is 11.5 Å². The fourth-order valence-corrected chi connectivity index (χ4v) is 2.68. The largest absolute Gasteiger partial charge is 0.497 e. The van der Waals surface area contributed by atoms with E-state index in [0.717, 1.165) is 29.0 Å². The lowest BCUT2D eigenvalue weighted by Gasteiger charge is -2.30. The van der Waals surface area contributed by atoms with Crippen LogP contribution in [0.1, 0.15) is 29.7 Å². The predicted molar refractivity (Wildman–Crippen MR) is 79.4 cm³/mol. The van der Waals surface area contributed by atoms with Gasteiger partial charge in [0.2, 0.25) is 0 Å². The molecule has 2 aromatic carbocycles. The van der Waals surface area contributed by atoms with Crippen molar-refractivity contribution in [2.75, 3.05) is 7.11 Å². The third-order valence-corrected chi connectivity index (χ3v) is 3.83. The van der Waals surface area contributed by atoms with Gasteiger partial charge in [0.05, 0.1) is 7.11 Å². The first-order valence-corrected chi connectivity index (χ1v) is 6.91. The third-order valence-electron chi connectivity index (χ3n) is 3.60. The molecule has 3 rings (SSSR count). The van der Waals surface area contributed by atoms with E-state index in [4.69, 9.17) is 26.8 Å². The standard InChI is InChI=1S/C16H16ClNO2/c1-19-12-5-2-10(3-6-12)16-9-14(18)13-8-11(17)4-7-15(13)20-16/h2-8,14,16H,9,18H2,1H3/t14-,16?/m1/s1. The highest BCUT2D eigenvalue weighted by atomic mass is 35.5. The van der Waals surface area contributed by atoms with Crippen LogP contribution in [0.4, 0.5) is 0 Å². The summed E-state index contributed by atoms with van der Waals surface area (Å²) in [6.07, 6.45) is 0.698. The molecular weight excluding hydrogens is 274 g/mol. The molecule has 1 aliphatic heterocycles. The van der Waals surface area contributed by atoms with Gasteiger partial charge in [-0.15, -0.1) is 0 Å². The van der Waals surface area contributed by atoms with Crippen molar-refractivity contribution in [3.05, 3.63) is 58.6 Å². The van der Waals surface area contributed by atoms with Crippen molar-refractivity contribution in [3.63, 3.8) is 0 Å². The smallest absolute Gasteiger partial charge is 0.126 e. The van der Waals surface area contributed by atoms with E-state index >= 15 is 0 Å². The van der Waals surface area contributed by atoms with Gasteiger partial charge in [0.1, 0.15) is 17.6 Å². The van der Waals surface area contributed by atoms with E-state index in [2.05, 4.69) is 0 Å². The first kappa shape index (κ1) is 13.3. The summed E-state index contributed by atoms with van der Waals surface area (Å²) in [5.41, 5.74) is 8.31. The lowest BCUT2D eigenvalue weighted by atomic mass is 9.93. The van der Waals surface area contributed by atoms with Crippen LogP contribution in [0.25, 0.3) is 0 Å². The van der Waals surface area contributed by atoms with Crippen molar-refractivity contribution < 1.29 is 9.47 Å². The van der Waals surface area contributed by atoms with Gasteiger partial charge in [-0.25, -0.2) is 0 Å². The fourth-order valence-electron chi connectivity index (χ4n) is 2.50. The summed E-state index contributed by atoms with van der Waals surface area (Å²) in [6, 6.07) is 13.4. The van der Waals surface area contributed by atoms with Crippen molar-refractivity contribution >= 4 is 11.6 Å². The highest BCUT2D eigenvalue weighted by molar-refractivity contribution is 6.30. The molecule has 0 radical (unpaired) electrons. The summed E-state index contributed by atoms with van der Waals surface area (Å²) >= 11 is 6.00. The van der Waals surface area contributed by atoms with Crippen LogP contribution in [0.3, 0.4) is 0 Å². The zero-order chi connectivity index (χ0) is 14.1. The molecule has 2 N–H and O–H groups in total.